The molecule has 0 aliphatic heterocycles. The lowest BCUT2D eigenvalue weighted by atomic mass is 10.0. The number of halogens is 3. The molecule has 1 atom stereocenters. The van der Waals surface area contributed by atoms with Gasteiger partial charge in [-0.15, -0.1) is 0 Å². The second kappa shape index (κ2) is 7.47. The SMILES string of the molecule is COCCCC(Cc1ccc(C(F)(F)F)cc1)NN. The van der Waals surface area contributed by atoms with Crippen molar-refractivity contribution in [1.82, 2.24) is 5.43 Å². The molecule has 1 aromatic rings. The lowest BCUT2D eigenvalue weighted by Crippen LogP contribution is -2.36. The quantitative estimate of drug-likeness (QED) is 0.457. The molecule has 3 N–H and O–H groups in total. The van der Waals surface area contributed by atoms with Crippen LogP contribution >= 0.6 is 0 Å². The monoisotopic (exact) mass is 276 g/mol. The highest BCUT2D eigenvalue weighted by Gasteiger charge is 2.29. The zero-order chi connectivity index (χ0) is 14.3. The van der Waals surface area contributed by atoms with Crippen molar-refractivity contribution in [3.8, 4) is 0 Å². The van der Waals surface area contributed by atoms with E-state index in [0.29, 0.717) is 13.0 Å². The first kappa shape index (κ1) is 15.9. The number of nitrogens with two attached hydrogens (primary N) is 1. The van der Waals surface area contributed by atoms with Crippen LogP contribution in [0.5, 0.6) is 0 Å². The summed E-state index contributed by atoms with van der Waals surface area (Å²) < 4.78 is 42.2. The van der Waals surface area contributed by atoms with Crippen LogP contribution in [0.25, 0.3) is 0 Å². The van der Waals surface area contributed by atoms with Gasteiger partial charge in [0.2, 0.25) is 0 Å². The van der Waals surface area contributed by atoms with E-state index >= 15 is 0 Å². The largest absolute Gasteiger partial charge is 0.416 e. The van der Waals surface area contributed by atoms with Gasteiger partial charge < -0.3 is 4.74 Å². The van der Waals surface area contributed by atoms with Crippen molar-refractivity contribution in [2.24, 2.45) is 5.84 Å². The fraction of sp³-hybridized carbons (Fsp3) is 0.538. The molecule has 0 radical (unpaired) electrons. The third kappa shape index (κ3) is 5.59. The molecule has 1 aromatic carbocycles. The van der Waals surface area contributed by atoms with Gasteiger partial charge in [-0.1, -0.05) is 12.1 Å². The molecule has 0 saturated carbocycles. The highest BCUT2D eigenvalue weighted by atomic mass is 19.4. The Balaban J connectivity index is 2.55. The van der Waals surface area contributed by atoms with Gasteiger partial charge in [-0.25, -0.2) is 0 Å². The predicted molar refractivity (Wildman–Crippen MR) is 67.4 cm³/mol. The predicted octanol–water partition coefficient (Wildman–Crippen LogP) is 2.51. The first-order chi connectivity index (χ1) is 8.97. The molecular formula is C13H19F3N2O. The molecular weight excluding hydrogens is 257 g/mol. The number of ether oxygens (including phenoxy) is 1. The number of methoxy groups -OCH3 is 1. The maximum atomic E-state index is 12.4. The summed E-state index contributed by atoms with van der Waals surface area (Å²) in [5, 5.41) is 0. The molecule has 0 heterocycles. The van der Waals surface area contributed by atoms with Gasteiger partial charge in [0, 0.05) is 19.8 Å². The van der Waals surface area contributed by atoms with Crippen molar-refractivity contribution >= 4 is 0 Å². The summed E-state index contributed by atoms with van der Waals surface area (Å²) in [7, 11) is 1.63. The summed E-state index contributed by atoms with van der Waals surface area (Å²) in [6.45, 7) is 0.644. The van der Waals surface area contributed by atoms with Gasteiger partial charge in [-0.3, -0.25) is 11.3 Å². The third-order valence-electron chi connectivity index (χ3n) is 2.90. The van der Waals surface area contributed by atoms with Gasteiger partial charge in [0.1, 0.15) is 0 Å². The molecule has 1 unspecified atom stereocenters. The maximum Gasteiger partial charge on any atom is 0.416 e. The topological polar surface area (TPSA) is 47.3 Å². The van der Waals surface area contributed by atoms with Crippen molar-refractivity contribution in [3.05, 3.63) is 35.4 Å². The molecule has 0 amide bonds. The van der Waals surface area contributed by atoms with Crippen molar-refractivity contribution in [3.63, 3.8) is 0 Å². The average Bonchev–Trinajstić information content (AvgIpc) is 2.37. The van der Waals surface area contributed by atoms with Gasteiger partial charge in [0.15, 0.2) is 0 Å². The Labute approximate surface area is 110 Å². The van der Waals surface area contributed by atoms with E-state index in [0.717, 1.165) is 30.5 Å². The van der Waals surface area contributed by atoms with Crippen molar-refractivity contribution in [1.29, 1.82) is 0 Å². The summed E-state index contributed by atoms with van der Waals surface area (Å²) >= 11 is 0. The minimum atomic E-state index is -4.29. The van der Waals surface area contributed by atoms with Crippen LogP contribution in [0.2, 0.25) is 0 Å². The summed E-state index contributed by atoms with van der Waals surface area (Å²) in [5.74, 6) is 5.43. The Morgan fingerprint density at radius 1 is 1.26 bits per heavy atom. The van der Waals surface area contributed by atoms with Crippen molar-refractivity contribution in [2.75, 3.05) is 13.7 Å². The van der Waals surface area contributed by atoms with Gasteiger partial charge in [0.05, 0.1) is 5.56 Å². The van der Waals surface area contributed by atoms with Gasteiger partial charge in [-0.05, 0) is 37.0 Å². The van der Waals surface area contributed by atoms with Gasteiger partial charge in [-0.2, -0.15) is 13.2 Å². The molecule has 0 aliphatic carbocycles. The van der Waals surface area contributed by atoms with Crippen LogP contribution in [0.3, 0.4) is 0 Å². The molecule has 0 fully saturated rings. The molecule has 108 valence electrons. The second-order valence-corrected chi connectivity index (χ2v) is 4.40. The fourth-order valence-electron chi connectivity index (χ4n) is 1.83. The average molecular weight is 276 g/mol. The molecule has 0 bridgehead atoms. The molecule has 3 nitrogen and oxygen atoms in total. The number of alkyl halides is 3. The zero-order valence-electron chi connectivity index (χ0n) is 10.8. The number of hydrogen-bond acceptors (Lipinski definition) is 3. The number of nitrogens with one attached hydrogen (secondary N) is 1. The Kier molecular flexibility index (Phi) is 6.27. The molecule has 6 heteroatoms. The number of rotatable bonds is 7. The van der Waals surface area contributed by atoms with E-state index in [-0.39, 0.29) is 6.04 Å². The molecule has 19 heavy (non-hydrogen) atoms. The Hall–Kier alpha value is -1.11. The van der Waals surface area contributed by atoms with Crippen LogP contribution in [-0.4, -0.2) is 19.8 Å². The first-order valence-corrected chi connectivity index (χ1v) is 6.08. The number of benzene rings is 1. The van der Waals surface area contributed by atoms with E-state index < -0.39 is 11.7 Å². The van der Waals surface area contributed by atoms with Crippen LogP contribution in [0.4, 0.5) is 13.2 Å². The van der Waals surface area contributed by atoms with E-state index in [2.05, 4.69) is 5.43 Å². The smallest absolute Gasteiger partial charge is 0.385 e. The molecule has 1 rings (SSSR count). The summed E-state index contributed by atoms with van der Waals surface area (Å²) in [6.07, 6.45) is -2.03. The first-order valence-electron chi connectivity index (χ1n) is 6.08. The molecule has 0 spiro atoms. The normalized spacial score (nSPS) is 13.5. The Morgan fingerprint density at radius 2 is 1.89 bits per heavy atom. The van der Waals surface area contributed by atoms with Crippen LogP contribution in [0, 0.1) is 0 Å². The standard InChI is InChI=1S/C13H19F3N2O/c1-19-8-2-3-12(18-17)9-10-4-6-11(7-5-10)13(14,15)16/h4-7,12,18H,2-3,8-9,17H2,1H3. The van der Waals surface area contributed by atoms with Crippen molar-refractivity contribution < 1.29 is 17.9 Å². The summed E-state index contributed by atoms with van der Waals surface area (Å²) in [5.41, 5.74) is 2.87. The maximum absolute atomic E-state index is 12.4. The number of hydrazine groups is 1. The summed E-state index contributed by atoms with van der Waals surface area (Å²) in [4.78, 5) is 0. The highest BCUT2D eigenvalue weighted by Crippen LogP contribution is 2.29. The Bertz CT molecular complexity index is 365. The van der Waals surface area contributed by atoms with Crippen LogP contribution in [-0.2, 0) is 17.3 Å². The van der Waals surface area contributed by atoms with Crippen LogP contribution in [0.1, 0.15) is 24.0 Å². The van der Waals surface area contributed by atoms with E-state index in [1.165, 1.54) is 12.1 Å². The van der Waals surface area contributed by atoms with E-state index in [9.17, 15) is 13.2 Å². The van der Waals surface area contributed by atoms with Gasteiger partial charge in [0.25, 0.3) is 0 Å². The summed E-state index contributed by atoms with van der Waals surface area (Å²) in [6, 6.07) is 5.20. The third-order valence-corrected chi connectivity index (χ3v) is 2.90. The van der Waals surface area contributed by atoms with Crippen LogP contribution < -0.4 is 11.3 Å². The highest BCUT2D eigenvalue weighted by molar-refractivity contribution is 5.25. The minimum absolute atomic E-state index is 0.0342. The molecule has 0 aliphatic rings. The van der Waals surface area contributed by atoms with E-state index in [4.69, 9.17) is 10.6 Å². The lowest BCUT2D eigenvalue weighted by molar-refractivity contribution is -0.137. The van der Waals surface area contributed by atoms with E-state index in [1.54, 1.807) is 7.11 Å². The zero-order valence-corrected chi connectivity index (χ0v) is 10.8. The molecule has 0 aromatic heterocycles. The minimum Gasteiger partial charge on any atom is -0.385 e. The fourth-order valence-corrected chi connectivity index (χ4v) is 1.83. The number of hydrogen-bond donors (Lipinski definition) is 2. The second-order valence-electron chi connectivity index (χ2n) is 4.40. The lowest BCUT2D eigenvalue weighted by Gasteiger charge is -2.16. The van der Waals surface area contributed by atoms with Crippen LogP contribution in [0.15, 0.2) is 24.3 Å². The van der Waals surface area contributed by atoms with Gasteiger partial charge >= 0.3 is 6.18 Å². The van der Waals surface area contributed by atoms with Crippen molar-refractivity contribution in [2.45, 2.75) is 31.5 Å². The molecule has 0 saturated heterocycles. The Morgan fingerprint density at radius 3 is 2.37 bits per heavy atom. The van der Waals surface area contributed by atoms with E-state index in [1.807, 2.05) is 0 Å².